The quantitative estimate of drug-likeness (QED) is 0.129. The first-order valence-electron chi connectivity index (χ1n) is 11.1. The Balaban J connectivity index is 2.14. The zero-order valence-corrected chi connectivity index (χ0v) is 21.9. The van der Waals surface area contributed by atoms with Crippen LogP contribution in [0.15, 0.2) is 24.3 Å². The Labute approximate surface area is 218 Å². The second-order valence-corrected chi connectivity index (χ2v) is 8.85. The lowest BCUT2D eigenvalue weighted by Crippen LogP contribution is -2.51. The third-order valence-electron chi connectivity index (χ3n) is 5.30. The van der Waals surface area contributed by atoms with Gasteiger partial charge in [0.1, 0.15) is 18.6 Å². The molecule has 1 aliphatic heterocycles. The third kappa shape index (κ3) is 12.0. The largest absolute Gasteiger partial charge is 0.488 e. The van der Waals surface area contributed by atoms with Crippen molar-refractivity contribution in [3.63, 3.8) is 0 Å². The summed E-state index contributed by atoms with van der Waals surface area (Å²) in [4.78, 5) is 49.5. The van der Waals surface area contributed by atoms with Gasteiger partial charge in [0, 0.05) is 45.8 Å². The van der Waals surface area contributed by atoms with Crippen LogP contribution in [0, 0.1) is 0 Å². The van der Waals surface area contributed by atoms with Gasteiger partial charge >= 0.3 is 11.9 Å². The number of benzene rings is 1. The molecule has 3 N–H and O–H groups in total. The molecule has 12 nitrogen and oxygen atoms in total. The first-order chi connectivity index (χ1) is 16.8. The van der Waals surface area contributed by atoms with E-state index in [1.165, 1.54) is 7.11 Å². The van der Waals surface area contributed by atoms with Gasteiger partial charge in [-0.2, -0.15) is 0 Å². The third-order valence-corrected chi connectivity index (χ3v) is 5.99. The normalized spacial score (nSPS) is 18.6. The summed E-state index contributed by atoms with van der Waals surface area (Å²) in [7, 11) is 1.41. The van der Waals surface area contributed by atoms with Gasteiger partial charge in [-0.3, -0.25) is 29.1 Å². The van der Waals surface area contributed by atoms with Gasteiger partial charge in [0.25, 0.3) is 0 Å². The highest BCUT2D eigenvalue weighted by molar-refractivity contribution is 14.1. The van der Waals surface area contributed by atoms with Crippen molar-refractivity contribution in [3.8, 4) is 5.75 Å². The number of carbonyl (C=O) groups is 3. The van der Waals surface area contributed by atoms with Crippen LogP contribution in [0.1, 0.15) is 5.56 Å². The van der Waals surface area contributed by atoms with Crippen molar-refractivity contribution in [3.05, 3.63) is 29.8 Å². The minimum Gasteiger partial charge on any atom is -0.488 e. The van der Waals surface area contributed by atoms with Crippen LogP contribution in [0.2, 0.25) is 0 Å². The van der Waals surface area contributed by atoms with E-state index in [0.29, 0.717) is 56.0 Å². The minimum atomic E-state index is -0.969. The number of carboxylic acid groups (broad SMARTS) is 2. The Hall–Kier alpha value is -2.04. The number of amides is 1. The standard InChI is InChI=1S/C22H33IN4O8/c1-33-34-16-27-9-7-25(14-21(29)30)6-8-26(15-22(31)32)12-19(13-27)35-18-4-2-17(3-5-18)11-24-20(28)10-23/h2-5,19H,6-16H2,1H3,(H,24,28)(H,29,30)(H,31,32). The molecule has 0 aliphatic carbocycles. The molecule has 0 radical (unpaired) electrons. The summed E-state index contributed by atoms with van der Waals surface area (Å²) in [6.45, 7) is 2.76. The molecule has 1 fully saturated rings. The topological polar surface area (TPSA) is 141 Å². The zero-order chi connectivity index (χ0) is 25.6. The minimum absolute atomic E-state index is 0.0359. The number of carboxylic acids is 2. The predicted octanol–water partition coefficient (Wildman–Crippen LogP) is 0.110. The van der Waals surface area contributed by atoms with E-state index in [1.807, 2.05) is 51.8 Å². The van der Waals surface area contributed by atoms with Crippen molar-refractivity contribution in [1.82, 2.24) is 20.0 Å². The number of rotatable bonds is 12. The number of hydrogen-bond donors (Lipinski definition) is 3. The van der Waals surface area contributed by atoms with Crippen molar-refractivity contribution >= 4 is 40.4 Å². The summed E-state index contributed by atoms with van der Waals surface area (Å²) in [5.41, 5.74) is 0.933. The number of nitrogens with zero attached hydrogens (tertiary/aromatic N) is 3. The Bertz CT molecular complexity index is 813. The molecule has 1 amide bonds. The van der Waals surface area contributed by atoms with E-state index in [4.69, 9.17) is 14.5 Å². The second kappa shape index (κ2) is 15.9. The van der Waals surface area contributed by atoms with E-state index in [1.54, 1.807) is 9.80 Å². The molecule has 1 atom stereocenters. The van der Waals surface area contributed by atoms with Crippen molar-refractivity contribution in [1.29, 1.82) is 0 Å². The van der Waals surface area contributed by atoms with Gasteiger partial charge in [0.2, 0.25) is 5.91 Å². The molecule has 13 heteroatoms. The highest BCUT2D eigenvalue weighted by Crippen LogP contribution is 2.16. The summed E-state index contributed by atoms with van der Waals surface area (Å²) in [6, 6.07) is 7.37. The number of nitrogens with one attached hydrogen (secondary N) is 1. The van der Waals surface area contributed by atoms with E-state index < -0.39 is 11.9 Å². The predicted molar refractivity (Wildman–Crippen MR) is 134 cm³/mol. The van der Waals surface area contributed by atoms with E-state index in [0.717, 1.165) is 5.56 Å². The lowest BCUT2D eigenvalue weighted by atomic mass is 10.2. The maximum absolute atomic E-state index is 11.5. The van der Waals surface area contributed by atoms with Crippen molar-refractivity contribution in [2.75, 3.05) is 70.6 Å². The fraction of sp³-hybridized carbons (Fsp3) is 0.591. The number of hydrogen-bond acceptors (Lipinski definition) is 9. The Morgan fingerprint density at radius 2 is 1.54 bits per heavy atom. The van der Waals surface area contributed by atoms with Gasteiger partial charge in [-0.15, -0.1) is 0 Å². The molecule has 0 spiro atoms. The highest BCUT2D eigenvalue weighted by Gasteiger charge is 2.25. The van der Waals surface area contributed by atoms with Gasteiger partial charge in [0.05, 0.1) is 24.6 Å². The van der Waals surface area contributed by atoms with Gasteiger partial charge in [0.15, 0.2) is 0 Å². The molecule has 1 saturated heterocycles. The van der Waals surface area contributed by atoms with Crippen LogP contribution in [0.25, 0.3) is 0 Å². The van der Waals surface area contributed by atoms with Crippen LogP contribution in [0.4, 0.5) is 0 Å². The number of ether oxygens (including phenoxy) is 1. The average molecular weight is 608 g/mol. The molecule has 196 valence electrons. The molecule has 0 saturated carbocycles. The van der Waals surface area contributed by atoms with Crippen molar-refractivity contribution < 1.29 is 39.1 Å². The molecule has 1 heterocycles. The zero-order valence-electron chi connectivity index (χ0n) is 19.7. The fourth-order valence-corrected chi connectivity index (χ4v) is 3.89. The van der Waals surface area contributed by atoms with Crippen LogP contribution in [0.3, 0.4) is 0 Å². The van der Waals surface area contributed by atoms with Crippen LogP contribution in [0.5, 0.6) is 5.75 Å². The summed E-state index contributed by atoms with van der Waals surface area (Å²) < 4.78 is 6.63. The lowest BCUT2D eigenvalue weighted by molar-refractivity contribution is -0.296. The molecule has 0 aromatic heterocycles. The Kier molecular flexibility index (Phi) is 13.2. The van der Waals surface area contributed by atoms with Crippen LogP contribution >= 0.6 is 22.6 Å². The van der Waals surface area contributed by atoms with E-state index in [9.17, 15) is 24.6 Å². The molecule has 1 aliphatic rings. The Morgan fingerprint density at radius 1 is 0.971 bits per heavy atom. The Morgan fingerprint density at radius 3 is 2.14 bits per heavy atom. The molecular weight excluding hydrogens is 575 g/mol. The van der Waals surface area contributed by atoms with Crippen molar-refractivity contribution in [2.45, 2.75) is 12.6 Å². The maximum atomic E-state index is 11.5. The molecule has 1 aromatic carbocycles. The first kappa shape index (κ1) is 29.2. The molecule has 1 aromatic rings. The average Bonchev–Trinajstić information content (AvgIpc) is 2.82. The van der Waals surface area contributed by atoms with Gasteiger partial charge in [-0.05, 0) is 17.7 Å². The van der Waals surface area contributed by atoms with E-state index in [2.05, 4.69) is 5.32 Å². The summed E-state index contributed by atoms with van der Waals surface area (Å²) >= 11 is 2.01. The molecule has 0 bridgehead atoms. The van der Waals surface area contributed by atoms with Gasteiger partial charge in [-0.25, -0.2) is 9.78 Å². The van der Waals surface area contributed by atoms with Crippen LogP contribution < -0.4 is 10.1 Å². The monoisotopic (exact) mass is 608 g/mol. The summed E-state index contributed by atoms with van der Waals surface area (Å²) in [5.74, 6) is -1.33. The number of halogens is 1. The highest BCUT2D eigenvalue weighted by atomic mass is 127. The summed E-state index contributed by atoms with van der Waals surface area (Å²) in [5, 5.41) is 21.4. The van der Waals surface area contributed by atoms with E-state index in [-0.39, 0.29) is 31.8 Å². The van der Waals surface area contributed by atoms with Crippen LogP contribution in [-0.2, 0) is 30.7 Å². The SMILES string of the molecule is COOCN1CCN(CC(=O)O)CCN(CC(=O)O)CC(Oc2ccc(CNC(=O)CI)cc2)C1. The lowest BCUT2D eigenvalue weighted by Gasteiger charge is -2.35. The smallest absolute Gasteiger partial charge is 0.317 e. The molecular formula is C22H33IN4O8. The molecule has 2 rings (SSSR count). The van der Waals surface area contributed by atoms with Gasteiger partial charge < -0.3 is 20.3 Å². The number of aliphatic carboxylic acids is 2. The molecule has 1 unspecified atom stereocenters. The number of alkyl halides is 1. The second-order valence-electron chi connectivity index (χ2n) is 8.08. The van der Waals surface area contributed by atoms with Crippen molar-refractivity contribution in [2.24, 2.45) is 0 Å². The van der Waals surface area contributed by atoms with Gasteiger partial charge in [-0.1, -0.05) is 34.7 Å². The van der Waals surface area contributed by atoms with Crippen LogP contribution in [-0.4, -0.2) is 119 Å². The number of carbonyl (C=O) groups excluding carboxylic acids is 1. The molecule has 35 heavy (non-hydrogen) atoms. The first-order valence-corrected chi connectivity index (χ1v) is 12.7. The summed E-state index contributed by atoms with van der Waals surface area (Å²) in [6.07, 6.45) is -0.384. The fourth-order valence-electron chi connectivity index (χ4n) is 3.62. The van der Waals surface area contributed by atoms with E-state index >= 15 is 0 Å². The maximum Gasteiger partial charge on any atom is 0.317 e.